The molecule has 1 amide bonds. The van der Waals surface area contributed by atoms with Crippen molar-refractivity contribution in [2.24, 2.45) is 0 Å². The predicted octanol–water partition coefficient (Wildman–Crippen LogP) is 2.03. The summed E-state index contributed by atoms with van der Waals surface area (Å²) in [5.74, 6) is 0.127. The third-order valence-corrected chi connectivity index (χ3v) is 2.11. The molecule has 0 unspecified atom stereocenters. The minimum Gasteiger partial charge on any atom is -0.508 e. The molecular weight excluding hydrogens is 234 g/mol. The summed E-state index contributed by atoms with van der Waals surface area (Å²) in [4.78, 5) is 11.0. The van der Waals surface area contributed by atoms with Crippen molar-refractivity contribution >= 4 is 27.5 Å². The molecule has 0 aliphatic carbocycles. The Kier molecular flexibility index (Phi) is 3.31. The molecule has 1 rings (SSSR count). The normalized spacial score (nSPS) is 9.69. The van der Waals surface area contributed by atoms with E-state index in [2.05, 4.69) is 21.2 Å². The number of amides is 1. The monoisotopic (exact) mass is 243 g/mol. The van der Waals surface area contributed by atoms with Gasteiger partial charge in [-0.15, -0.1) is 0 Å². The maximum atomic E-state index is 11.0. The van der Waals surface area contributed by atoms with Crippen molar-refractivity contribution in [3.63, 3.8) is 0 Å². The Morgan fingerprint density at radius 1 is 1.62 bits per heavy atom. The fraction of sp³-hybridized carbons (Fsp3) is 0.222. The Morgan fingerprint density at radius 2 is 2.31 bits per heavy atom. The molecule has 0 heterocycles. The van der Waals surface area contributed by atoms with Crippen LogP contribution < -0.4 is 5.32 Å². The van der Waals surface area contributed by atoms with E-state index in [0.717, 1.165) is 5.56 Å². The van der Waals surface area contributed by atoms with E-state index in [9.17, 15) is 9.90 Å². The fourth-order valence-corrected chi connectivity index (χ4v) is 1.07. The molecule has 13 heavy (non-hydrogen) atoms. The van der Waals surface area contributed by atoms with Crippen molar-refractivity contribution in [1.82, 2.24) is 0 Å². The first-order valence-electron chi connectivity index (χ1n) is 3.79. The molecular formula is C9H10BrNO2. The molecule has 4 heteroatoms. The van der Waals surface area contributed by atoms with Crippen LogP contribution in [0.3, 0.4) is 0 Å². The number of benzene rings is 1. The van der Waals surface area contributed by atoms with Gasteiger partial charge in [0.25, 0.3) is 0 Å². The summed E-state index contributed by atoms with van der Waals surface area (Å²) in [6, 6.07) is 4.93. The van der Waals surface area contributed by atoms with Gasteiger partial charge in [0.05, 0.1) is 5.33 Å². The van der Waals surface area contributed by atoms with Crippen LogP contribution in [-0.2, 0) is 4.79 Å². The number of aromatic hydroxyl groups is 1. The van der Waals surface area contributed by atoms with Gasteiger partial charge in [-0.1, -0.05) is 15.9 Å². The number of carbonyl (C=O) groups excluding carboxylic acids is 1. The fourth-order valence-electron chi connectivity index (χ4n) is 0.928. The highest BCUT2D eigenvalue weighted by atomic mass is 79.9. The molecule has 0 aliphatic rings. The summed E-state index contributed by atoms with van der Waals surface area (Å²) >= 11 is 3.04. The van der Waals surface area contributed by atoms with Gasteiger partial charge in [-0.3, -0.25) is 4.79 Å². The second-order valence-electron chi connectivity index (χ2n) is 2.68. The molecule has 0 bridgehead atoms. The summed E-state index contributed by atoms with van der Waals surface area (Å²) in [5, 5.41) is 12.1. The average molecular weight is 244 g/mol. The van der Waals surface area contributed by atoms with Crippen molar-refractivity contribution < 1.29 is 9.90 Å². The Balaban J connectivity index is 2.79. The predicted molar refractivity (Wildman–Crippen MR) is 55.3 cm³/mol. The first-order chi connectivity index (χ1) is 6.13. The van der Waals surface area contributed by atoms with E-state index in [1.54, 1.807) is 25.1 Å². The van der Waals surface area contributed by atoms with Gasteiger partial charge in [0, 0.05) is 5.69 Å². The quantitative estimate of drug-likeness (QED) is 0.617. The van der Waals surface area contributed by atoms with Gasteiger partial charge >= 0.3 is 0 Å². The first-order valence-corrected chi connectivity index (χ1v) is 4.91. The number of alkyl halides is 1. The topological polar surface area (TPSA) is 49.3 Å². The van der Waals surface area contributed by atoms with Crippen LogP contribution in [0.25, 0.3) is 0 Å². The van der Waals surface area contributed by atoms with Crippen molar-refractivity contribution in [3.05, 3.63) is 23.8 Å². The minimum atomic E-state index is -0.106. The van der Waals surface area contributed by atoms with Crippen LogP contribution in [0.15, 0.2) is 18.2 Å². The second kappa shape index (κ2) is 4.28. The number of hydrogen-bond donors (Lipinski definition) is 2. The molecule has 2 N–H and O–H groups in total. The zero-order chi connectivity index (χ0) is 9.84. The lowest BCUT2D eigenvalue weighted by molar-refractivity contribution is -0.113. The number of rotatable bonds is 2. The number of hydrogen-bond acceptors (Lipinski definition) is 2. The molecule has 70 valence electrons. The van der Waals surface area contributed by atoms with E-state index in [1.807, 2.05) is 0 Å². The lowest BCUT2D eigenvalue weighted by Gasteiger charge is -2.04. The zero-order valence-electron chi connectivity index (χ0n) is 7.17. The number of phenolic OH excluding ortho intramolecular Hbond substituents is 1. The van der Waals surface area contributed by atoms with E-state index < -0.39 is 0 Å². The smallest absolute Gasteiger partial charge is 0.235 e. The Labute approximate surface area is 84.9 Å². The number of carbonyl (C=O) groups is 1. The number of nitrogens with one attached hydrogen (secondary N) is 1. The standard InChI is InChI=1S/C9H10BrNO2/c1-6-4-7(2-3-8(6)12)11-9(13)5-10/h2-4,12H,5H2,1H3,(H,11,13). The Bertz CT molecular complexity index is 325. The molecule has 0 fully saturated rings. The summed E-state index contributed by atoms with van der Waals surface area (Å²) in [5.41, 5.74) is 1.44. The maximum Gasteiger partial charge on any atom is 0.235 e. The van der Waals surface area contributed by atoms with Crippen LogP contribution in [-0.4, -0.2) is 16.3 Å². The Morgan fingerprint density at radius 3 is 2.85 bits per heavy atom. The minimum absolute atomic E-state index is 0.106. The number of aryl methyl sites for hydroxylation is 1. The molecule has 0 aliphatic heterocycles. The zero-order valence-corrected chi connectivity index (χ0v) is 8.76. The van der Waals surface area contributed by atoms with Gasteiger partial charge in [0.15, 0.2) is 0 Å². The van der Waals surface area contributed by atoms with E-state index in [1.165, 1.54) is 0 Å². The van der Waals surface area contributed by atoms with Crippen molar-refractivity contribution in [3.8, 4) is 5.75 Å². The van der Waals surface area contributed by atoms with Crippen LogP contribution in [0.4, 0.5) is 5.69 Å². The highest BCUT2D eigenvalue weighted by molar-refractivity contribution is 9.09. The van der Waals surface area contributed by atoms with Gasteiger partial charge in [0.2, 0.25) is 5.91 Å². The summed E-state index contributed by atoms with van der Waals surface area (Å²) < 4.78 is 0. The number of anilines is 1. The SMILES string of the molecule is Cc1cc(NC(=O)CBr)ccc1O. The van der Waals surface area contributed by atoms with Crippen LogP contribution >= 0.6 is 15.9 Å². The maximum absolute atomic E-state index is 11.0. The number of halogens is 1. The van der Waals surface area contributed by atoms with E-state index in [4.69, 9.17) is 0 Å². The Hall–Kier alpha value is -1.03. The lowest BCUT2D eigenvalue weighted by atomic mass is 10.2. The van der Waals surface area contributed by atoms with E-state index in [-0.39, 0.29) is 17.0 Å². The lowest BCUT2D eigenvalue weighted by Crippen LogP contribution is -2.12. The first kappa shape index (κ1) is 10.1. The van der Waals surface area contributed by atoms with Crippen molar-refractivity contribution in [2.75, 3.05) is 10.6 Å². The summed E-state index contributed by atoms with van der Waals surface area (Å²) in [6.07, 6.45) is 0. The molecule has 0 saturated heterocycles. The summed E-state index contributed by atoms with van der Waals surface area (Å²) in [7, 11) is 0. The largest absolute Gasteiger partial charge is 0.508 e. The highest BCUT2D eigenvalue weighted by Gasteiger charge is 2.01. The molecule has 0 atom stereocenters. The highest BCUT2D eigenvalue weighted by Crippen LogP contribution is 2.19. The third kappa shape index (κ3) is 2.73. The van der Waals surface area contributed by atoms with Gasteiger partial charge < -0.3 is 10.4 Å². The third-order valence-electron chi connectivity index (χ3n) is 1.60. The molecule has 1 aromatic rings. The average Bonchev–Trinajstić information content (AvgIpc) is 2.11. The molecule has 0 aromatic heterocycles. The van der Waals surface area contributed by atoms with E-state index in [0.29, 0.717) is 5.69 Å². The van der Waals surface area contributed by atoms with Crippen LogP contribution in [0.2, 0.25) is 0 Å². The molecule has 0 spiro atoms. The van der Waals surface area contributed by atoms with Gasteiger partial charge in [-0.05, 0) is 30.7 Å². The van der Waals surface area contributed by atoms with Gasteiger partial charge in [-0.25, -0.2) is 0 Å². The molecule has 3 nitrogen and oxygen atoms in total. The molecule has 0 radical (unpaired) electrons. The molecule has 1 aromatic carbocycles. The van der Waals surface area contributed by atoms with Crippen LogP contribution in [0, 0.1) is 6.92 Å². The second-order valence-corrected chi connectivity index (χ2v) is 3.24. The van der Waals surface area contributed by atoms with Crippen LogP contribution in [0.1, 0.15) is 5.56 Å². The van der Waals surface area contributed by atoms with Gasteiger partial charge in [-0.2, -0.15) is 0 Å². The van der Waals surface area contributed by atoms with Crippen LogP contribution in [0.5, 0.6) is 5.75 Å². The van der Waals surface area contributed by atoms with E-state index >= 15 is 0 Å². The molecule has 0 saturated carbocycles. The van der Waals surface area contributed by atoms with Crippen molar-refractivity contribution in [2.45, 2.75) is 6.92 Å². The number of phenols is 1. The van der Waals surface area contributed by atoms with Crippen molar-refractivity contribution in [1.29, 1.82) is 0 Å². The van der Waals surface area contributed by atoms with Gasteiger partial charge in [0.1, 0.15) is 5.75 Å². The summed E-state index contributed by atoms with van der Waals surface area (Å²) in [6.45, 7) is 1.78.